The first-order valence-electron chi connectivity index (χ1n) is 8.71. The minimum absolute atomic E-state index is 0.141. The lowest BCUT2D eigenvalue weighted by Crippen LogP contribution is -2.30. The molecule has 2 heterocycles. The summed E-state index contributed by atoms with van der Waals surface area (Å²) in [5, 5.41) is 4.60. The highest BCUT2D eigenvalue weighted by atomic mass is 19.1. The summed E-state index contributed by atoms with van der Waals surface area (Å²) in [5.74, 6) is -0.304. The molecule has 3 rings (SSSR count). The van der Waals surface area contributed by atoms with Crippen molar-refractivity contribution in [1.29, 1.82) is 0 Å². The maximum atomic E-state index is 13.5. The van der Waals surface area contributed by atoms with E-state index in [4.69, 9.17) is 4.52 Å². The molecule has 1 amide bonds. The van der Waals surface area contributed by atoms with Gasteiger partial charge in [-0.05, 0) is 43.5 Å². The van der Waals surface area contributed by atoms with Crippen LogP contribution in [0.3, 0.4) is 0 Å². The van der Waals surface area contributed by atoms with Crippen molar-refractivity contribution in [3.63, 3.8) is 0 Å². The van der Waals surface area contributed by atoms with E-state index in [0.29, 0.717) is 35.4 Å². The van der Waals surface area contributed by atoms with E-state index in [1.54, 1.807) is 17.9 Å². The van der Waals surface area contributed by atoms with Gasteiger partial charge in [-0.25, -0.2) is 9.37 Å². The van der Waals surface area contributed by atoms with E-state index in [1.165, 1.54) is 12.1 Å². The number of hydrogen-bond acceptors (Lipinski definition) is 4. The topological polar surface area (TPSA) is 59.2 Å². The van der Waals surface area contributed by atoms with Gasteiger partial charge in [0.05, 0.1) is 16.6 Å². The number of pyridine rings is 1. The summed E-state index contributed by atoms with van der Waals surface area (Å²) in [6.07, 6.45) is 0. The molecule has 0 bridgehead atoms. The van der Waals surface area contributed by atoms with Crippen LogP contribution in [0.25, 0.3) is 11.1 Å². The van der Waals surface area contributed by atoms with Gasteiger partial charge in [-0.2, -0.15) is 0 Å². The van der Waals surface area contributed by atoms with Gasteiger partial charge in [0.2, 0.25) is 0 Å². The summed E-state index contributed by atoms with van der Waals surface area (Å²) >= 11 is 0. The minimum Gasteiger partial charge on any atom is -0.336 e. The second-order valence-electron chi connectivity index (χ2n) is 6.65. The number of rotatable bonds is 5. The number of halogens is 1. The van der Waals surface area contributed by atoms with E-state index in [0.717, 1.165) is 11.3 Å². The van der Waals surface area contributed by atoms with Crippen molar-refractivity contribution in [3.8, 4) is 0 Å². The SMILES string of the molecule is CCN(Cc1cccc(F)c1)C(=O)c1cc(C(C)C)nc2onc(C)c12. The summed E-state index contributed by atoms with van der Waals surface area (Å²) < 4.78 is 18.8. The number of aryl methyl sites for hydroxylation is 1. The Morgan fingerprint density at radius 3 is 2.73 bits per heavy atom. The lowest BCUT2D eigenvalue weighted by molar-refractivity contribution is 0.0754. The van der Waals surface area contributed by atoms with Crippen molar-refractivity contribution in [2.45, 2.75) is 40.2 Å². The Bertz CT molecular complexity index is 949. The van der Waals surface area contributed by atoms with Gasteiger partial charge in [-0.3, -0.25) is 4.79 Å². The Labute approximate surface area is 151 Å². The van der Waals surface area contributed by atoms with Crippen LogP contribution >= 0.6 is 0 Å². The number of nitrogens with zero attached hydrogens (tertiary/aromatic N) is 3. The van der Waals surface area contributed by atoms with E-state index in [-0.39, 0.29) is 17.6 Å². The normalized spacial score (nSPS) is 11.3. The molecular formula is C20H22FN3O2. The molecule has 2 aromatic heterocycles. The lowest BCUT2D eigenvalue weighted by Gasteiger charge is -2.22. The second kappa shape index (κ2) is 7.23. The van der Waals surface area contributed by atoms with E-state index in [9.17, 15) is 9.18 Å². The number of carbonyl (C=O) groups excluding carboxylic acids is 1. The third kappa shape index (κ3) is 3.45. The Kier molecular flexibility index (Phi) is 5.02. The van der Waals surface area contributed by atoms with Crippen LogP contribution in [0, 0.1) is 12.7 Å². The molecule has 0 saturated carbocycles. The summed E-state index contributed by atoms with van der Waals surface area (Å²) in [6.45, 7) is 8.55. The smallest absolute Gasteiger partial charge is 0.259 e. The molecule has 0 radical (unpaired) electrons. The van der Waals surface area contributed by atoms with Gasteiger partial charge in [0.25, 0.3) is 11.6 Å². The average Bonchev–Trinajstić information content (AvgIpc) is 2.99. The molecule has 0 aliphatic rings. The van der Waals surface area contributed by atoms with E-state index < -0.39 is 0 Å². The fourth-order valence-electron chi connectivity index (χ4n) is 2.93. The maximum absolute atomic E-state index is 13.5. The molecule has 6 heteroatoms. The molecule has 26 heavy (non-hydrogen) atoms. The summed E-state index contributed by atoms with van der Waals surface area (Å²) in [6, 6.07) is 8.11. The molecule has 0 N–H and O–H groups in total. The molecule has 0 spiro atoms. The number of benzene rings is 1. The second-order valence-corrected chi connectivity index (χ2v) is 6.65. The van der Waals surface area contributed by atoms with Gasteiger partial charge in [0.1, 0.15) is 5.82 Å². The quantitative estimate of drug-likeness (QED) is 0.678. The van der Waals surface area contributed by atoms with Crippen LogP contribution in [0.1, 0.15) is 54.0 Å². The Morgan fingerprint density at radius 1 is 1.31 bits per heavy atom. The zero-order chi connectivity index (χ0) is 18.8. The standard InChI is InChI=1S/C20H22FN3O2/c1-5-24(11-14-7-6-8-15(21)9-14)20(25)16-10-17(12(2)3)22-19-18(16)13(4)23-26-19/h6-10,12H,5,11H2,1-4H3. The molecule has 3 aromatic rings. The number of amides is 1. The predicted molar refractivity (Wildman–Crippen MR) is 97.4 cm³/mol. The third-order valence-corrected chi connectivity index (χ3v) is 4.39. The number of aromatic nitrogens is 2. The van der Waals surface area contributed by atoms with Crippen LogP contribution < -0.4 is 0 Å². The Balaban J connectivity index is 2.03. The Morgan fingerprint density at radius 2 is 2.08 bits per heavy atom. The van der Waals surface area contributed by atoms with Crippen molar-refractivity contribution < 1.29 is 13.7 Å². The lowest BCUT2D eigenvalue weighted by atomic mass is 10.0. The van der Waals surface area contributed by atoms with Crippen molar-refractivity contribution in [1.82, 2.24) is 15.0 Å². The molecule has 5 nitrogen and oxygen atoms in total. The summed E-state index contributed by atoms with van der Waals surface area (Å²) in [7, 11) is 0. The molecule has 136 valence electrons. The maximum Gasteiger partial charge on any atom is 0.259 e. The summed E-state index contributed by atoms with van der Waals surface area (Å²) in [5.41, 5.74) is 3.05. The molecule has 0 aliphatic heterocycles. The summed E-state index contributed by atoms with van der Waals surface area (Å²) in [4.78, 5) is 19.4. The van der Waals surface area contributed by atoms with Gasteiger partial charge in [0.15, 0.2) is 0 Å². The van der Waals surface area contributed by atoms with E-state index in [1.807, 2.05) is 32.9 Å². The zero-order valence-electron chi connectivity index (χ0n) is 15.4. The van der Waals surface area contributed by atoms with Gasteiger partial charge in [0, 0.05) is 18.8 Å². The number of hydrogen-bond donors (Lipinski definition) is 0. The van der Waals surface area contributed by atoms with E-state index >= 15 is 0 Å². The monoisotopic (exact) mass is 355 g/mol. The van der Waals surface area contributed by atoms with Crippen LogP contribution in [0.15, 0.2) is 34.9 Å². The molecule has 0 unspecified atom stereocenters. The molecule has 0 aliphatic carbocycles. The predicted octanol–water partition coefficient (Wildman–Crippen LogP) is 4.46. The van der Waals surface area contributed by atoms with Crippen LogP contribution in [0.2, 0.25) is 0 Å². The fourth-order valence-corrected chi connectivity index (χ4v) is 2.93. The van der Waals surface area contributed by atoms with Gasteiger partial charge < -0.3 is 9.42 Å². The highest BCUT2D eigenvalue weighted by Gasteiger charge is 2.23. The molecular weight excluding hydrogens is 333 g/mol. The number of carbonyl (C=O) groups is 1. The third-order valence-electron chi connectivity index (χ3n) is 4.39. The molecule has 0 fully saturated rings. The average molecular weight is 355 g/mol. The van der Waals surface area contributed by atoms with Crippen LogP contribution in [-0.4, -0.2) is 27.5 Å². The van der Waals surface area contributed by atoms with Crippen LogP contribution in [0.5, 0.6) is 0 Å². The van der Waals surface area contributed by atoms with Crippen LogP contribution in [0.4, 0.5) is 4.39 Å². The largest absolute Gasteiger partial charge is 0.336 e. The van der Waals surface area contributed by atoms with Gasteiger partial charge >= 0.3 is 0 Å². The van der Waals surface area contributed by atoms with E-state index in [2.05, 4.69) is 10.1 Å². The molecule has 0 saturated heterocycles. The van der Waals surface area contributed by atoms with Crippen molar-refractivity contribution in [2.24, 2.45) is 0 Å². The molecule has 0 atom stereocenters. The van der Waals surface area contributed by atoms with Crippen molar-refractivity contribution in [2.75, 3.05) is 6.54 Å². The first-order chi connectivity index (χ1) is 12.4. The Hall–Kier alpha value is -2.76. The van der Waals surface area contributed by atoms with Crippen molar-refractivity contribution >= 4 is 17.0 Å². The van der Waals surface area contributed by atoms with Gasteiger partial charge in [-0.1, -0.05) is 31.1 Å². The number of fused-ring (bicyclic) bond motifs is 1. The highest BCUT2D eigenvalue weighted by Crippen LogP contribution is 2.26. The fraction of sp³-hybridized carbons (Fsp3) is 0.350. The first-order valence-corrected chi connectivity index (χ1v) is 8.71. The minimum atomic E-state index is -0.311. The van der Waals surface area contributed by atoms with Gasteiger partial charge in [-0.15, -0.1) is 0 Å². The zero-order valence-corrected chi connectivity index (χ0v) is 15.4. The molecule has 1 aromatic carbocycles. The van der Waals surface area contributed by atoms with Crippen LogP contribution in [-0.2, 0) is 6.54 Å². The first kappa shape index (κ1) is 18.0. The highest BCUT2D eigenvalue weighted by molar-refractivity contribution is 6.06. The van der Waals surface area contributed by atoms with Crippen molar-refractivity contribution in [3.05, 3.63) is 58.7 Å².